The minimum absolute atomic E-state index is 0.189. The largest absolute Gasteiger partial charge is 0.488 e. The average Bonchev–Trinajstić information content (AvgIpc) is 3.11. The Bertz CT molecular complexity index is 830. The molecule has 1 saturated heterocycles. The van der Waals surface area contributed by atoms with E-state index in [-0.39, 0.29) is 5.91 Å². The maximum atomic E-state index is 12.6. The highest BCUT2D eigenvalue weighted by Gasteiger charge is 2.28. The number of hydrogen-bond donors (Lipinski definition) is 1. The minimum atomic E-state index is -0.189. The third-order valence-electron chi connectivity index (χ3n) is 5.60. The molecule has 1 fully saturated rings. The van der Waals surface area contributed by atoms with Crippen LogP contribution in [0.15, 0.2) is 22.7 Å². The molecule has 6 heteroatoms. The Morgan fingerprint density at radius 2 is 2.26 bits per heavy atom. The Hall–Kier alpha value is -2.34. The van der Waals surface area contributed by atoms with E-state index in [1.54, 1.807) is 0 Å². The lowest BCUT2D eigenvalue weighted by Gasteiger charge is -2.33. The van der Waals surface area contributed by atoms with Crippen molar-refractivity contribution in [3.05, 3.63) is 35.0 Å². The lowest BCUT2D eigenvalue weighted by molar-refractivity contribution is 0.0938. The number of aryl methyl sites for hydroxylation is 1. The highest BCUT2D eigenvalue weighted by molar-refractivity contribution is 5.95. The van der Waals surface area contributed by atoms with Crippen LogP contribution in [0.5, 0.6) is 5.75 Å². The van der Waals surface area contributed by atoms with Crippen molar-refractivity contribution in [1.82, 2.24) is 15.4 Å². The molecule has 2 aliphatic rings. The molecule has 0 radical (unpaired) electrons. The fourth-order valence-electron chi connectivity index (χ4n) is 3.99. The summed E-state index contributed by atoms with van der Waals surface area (Å²) in [6, 6.07) is 6.58. The SMILES string of the molecule is Cc1ccc2c(c1)-c1onc(C(=O)NCCCN3CCCCC3C)c1CO2. The van der Waals surface area contributed by atoms with Gasteiger partial charge in [0.05, 0.1) is 11.1 Å². The summed E-state index contributed by atoms with van der Waals surface area (Å²) >= 11 is 0. The maximum Gasteiger partial charge on any atom is 0.273 e. The second kappa shape index (κ2) is 7.72. The van der Waals surface area contributed by atoms with Crippen molar-refractivity contribution in [3.63, 3.8) is 0 Å². The van der Waals surface area contributed by atoms with Crippen LogP contribution in [-0.4, -0.2) is 41.6 Å². The van der Waals surface area contributed by atoms with Gasteiger partial charge in [-0.1, -0.05) is 23.2 Å². The molecule has 1 aromatic heterocycles. The highest BCUT2D eigenvalue weighted by atomic mass is 16.5. The molecule has 2 aliphatic heterocycles. The Balaban J connectivity index is 1.37. The van der Waals surface area contributed by atoms with Gasteiger partial charge in [-0.3, -0.25) is 4.79 Å². The van der Waals surface area contributed by atoms with E-state index in [9.17, 15) is 4.79 Å². The number of nitrogens with zero attached hydrogens (tertiary/aromatic N) is 2. The number of benzene rings is 1. The quantitative estimate of drug-likeness (QED) is 0.817. The summed E-state index contributed by atoms with van der Waals surface area (Å²) in [6.07, 6.45) is 4.83. The number of fused-ring (bicyclic) bond motifs is 3. The van der Waals surface area contributed by atoms with E-state index in [0.717, 1.165) is 35.4 Å². The van der Waals surface area contributed by atoms with Gasteiger partial charge in [0.25, 0.3) is 5.91 Å². The fraction of sp³-hybridized carbons (Fsp3) is 0.524. The molecule has 1 amide bonds. The molecule has 27 heavy (non-hydrogen) atoms. The summed E-state index contributed by atoms with van der Waals surface area (Å²) in [4.78, 5) is 15.1. The van der Waals surface area contributed by atoms with Crippen LogP contribution in [0.2, 0.25) is 0 Å². The molecule has 2 aromatic rings. The first kappa shape index (κ1) is 18.0. The smallest absolute Gasteiger partial charge is 0.273 e. The van der Waals surface area contributed by atoms with Crippen LogP contribution in [0.1, 0.15) is 54.2 Å². The summed E-state index contributed by atoms with van der Waals surface area (Å²) in [5, 5.41) is 7.01. The van der Waals surface area contributed by atoms with Crippen molar-refractivity contribution >= 4 is 5.91 Å². The molecule has 0 saturated carbocycles. The van der Waals surface area contributed by atoms with E-state index in [2.05, 4.69) is 22.3 Å². The van der Waals surface area contributed by atoms with Crippen molar-refractivity contribution in [2.75, 3.05) is 19.6 Å². The van der Waals surface area contributed by atoms with E-state index in [0.29, 0.717) is 30.6 Å². The van der Waals surface area contributed by atoms with Crippen molar-refractivity contribution in [2.45, 2.75) is 52.2 Å². The molecular formula is C21H27N3O3. The zero-order valence-corrected chi connectivity index (χ0v) is 16.1. The van der Waals surface area contributed by atoms with Gasteiger partial charge in [0, 0.05) is 19.1 Å². The highest BCUT2D eigenvalue weighted by Crippen LogP contribution is 2.39. The number of rotatable bonds is 5. The molecule has 6 nitrogen and oxygen atoms in total. The molecule has 1 unspecified atom stereocenters. The number of piperidine rings is 1. The molecule has 0 spiro atoms. The third kappa shape index (κ3) is 3.72. The van der Waals surface area contributed by atoms with E-state index in [1.807, 2.05) is 25.1 Å². The van der Waals surface area contributed by atoms with Crippen molar-refractivity contribution in [1.29, 1.82) is 0 Å². The second-order valence-corrected chi connectivity index (χ2v) is 7.62. The number of carbonyl (C=O) groups is 1. The van der Waals surface area contributed by atoms with Gasteiger partial charge in [-0.05, 0) is 51.8 Å². The van der Waals surface area contributed by atoms with Crippen LogP contribution in [0.3, 0.4) is 0 Å². The van der Waals surface area contributed by atoms with Gasteiger partial charge >= 0.3 is 0 Å². The average molecular weight is 369 g/mol. The third-order valence-corrected chi connectivity index (χ3v) is 5.60. The van der Waals surface area contributed by atoms with Crippen molar-refractivity contribution < 1.29 is 14.1 Å². The first-order valence-corrected chi connectivity index (χ1v) is 9.88. The van der Waals surface area contributed by atoms with Crippen molar-refractivity contribution in [2.24, 2.45) is 0 Å². The topological polar surface area (TPSA) is 67.6 Å². The zero-order chi connectivity index (χ0) is 18.8. The number of aromatic nitrogens is 1. The fourth-order valence-corrected chi connectivity index (χ4v) is 3.99. The second-order valence-electron chi connectivity index (χ2n) is 7.62. The number of ether oxygens (including phenoxy) is 1. The Labute approximate surface area is 159 Å². The van der Waals surface area contributed by atoms with E-state index >= 15 is 0 Å². The molecule has 3 heterocycles. The predicted molar refractivity (Wildman–Crippen MR) is 103 cm³/mol. The van der Waals surface area contributed by atoms with Crippen LogP contribution < -0.4 is 10.1 Å². The molecule has 0 bridgehead atoms. The van der Waals surface area contributed by atoms with Crippen LogP contribution in [-0.2, 0) is 6.61 Å². The first-order valence-electron chi connectivity index (χ1n) is 9.88. The number of nitrogens with one attached hydrogen (secondary N) is 1. The number of carbonyl (C=O) groups excluding carboxylic acids is 1. The van der Waals surface area contributed by atoms with Crippen LogP contribution >= 0.6 is 0 Å². The Kier molecular flexibility index (Phi) is 5.16. The standard InChI is InChI=1S/C21H27N3O3/c1-14-7-8-18-16(12-14)20-17(13-26-18)19(23-27-20)21(25)22-9-5-11-24-10-4-3-6-15(24)2/h7-8,12,15H,3-6,9-11,13H2,1-2H3,(H,22,25). The van der Waals surface area contributed by atoms with Crippen molar-refractivity contribution in [3.8, 4) is 17.1 Å². The van der Waals surface area contributed by atoms with Gasteiger partial charge in [0.2, 0.25) is 0 Å². The summed E-state index contributed by atoms with van der Waals surface area (Å²) in [6.45, 7) is 7.44. The van der Waals surface area contributed by atoms with Gasteiger partial charge in [0.15, 0.2) is 11.5 Å². The Morgan fingerprint density at radius 3 is 3.11 bits per heavy atom. The number of hydrogen-bond acceptors (Lipinski definition) is 5. The summed E-state index contributed by atoms with van der Waals surface area (Å²) in [5.74, 6) is 1.23. The summed E-state index contributed by atoms with van der Waals surface area (Å²) < 4.78 is 11.3. The van der Waals surface area contributed by atoms with E-state index < -0.39 is 0 Å². The van der Waals surface area contributed by atoms with E-state index in [4.69, 9.17) is 9.26 Å². The summed E-state index contributed by atoms with van der Waals surface area (Å²) in [5.41, 5.74) is 3.04. The number of likely N-dealkylation sites (tertiary alicyclic amines) is 1. The molecule has 144 valence electrons. The van der Waals surface area contributed by atoms with Gasteiger partial charge in [0.1, 0.15) is 12.4 Å². The molecule has 1 atom stereocenters. The molecular weight excluding hydrogens is 342 g/mol. The molecule has 1 aromatic carbocycles. The van der Waals surface area contributed by atoms with Gasteiger partial charge < -0.3 is 19.5 Å². The van der Waals surface area contributed by atoms with Crippen LogP contribution in [0, 0.1) is 6.92 Å². The zero-order valence-electron chi connectivity index (χ0n) is 16.1. The molecule has 1 N–H and O–H groups in total. The monoisotopic (exact) mass is 369 g/mol. The molecule has 0 aliphatic carbocycles. The lowest BCUT2D eigenvalue weighted by Crippen LogP contribution is -2.39. The van der Waals surface area contributed by atoms with Gasteiger partial charge in [-0.15, -0.1) is 0 Å². The first-order chi connectivity index (χ1) is 13.1. The molecule has 4 rings (SSSR count). The van der Waals surface area contributed by atoms with Crippen LogP contribution in [0.25, 0.3) is 11.3 Å². The van der Waals surface area contributed by atoms with Gasteiger partial charge in [-0.25, -0.2) is 0 Å². The minimum Gasteiger partial charge on any atom is -0.488 e. The predicted octanol–water partition coefficient (Wildman–Crippen LogP) is 3.54. The maximum absolute atomic E-state index is 12.6. The summed E-state index contributed by atoms with van der Waals surface area (Å²) in [7, 11) is 0. The normalized spacial score (nSPS) is 19.1. The Morgan fingerprint density at radius 1 is 1.37 bits per heavy atom. The lowest BCUT2D eigenvalue weighted by atomic mass is 10.0. The van der Waals surface area contributed by atoms with Crippen LogP contribution in [0.4, 0.5) is 0 Å². The van der Waals surface area contributed by atoms with Gasteiger partial charge in [-0.2, -0.15) is 0 Å². The number of amides is 1. The van der Waals surface area contributed by atoms with E-state index in [1.165, 1.54) is 25.8 Å².